The first kappa shape index (κ1) is 17.6. The van der Waals surface area contributed by atoms with Crippen molar-refractivity contribution in [3.05, 3.63) is 65.2 Å². The van der Waals surface area contributed by atoms with Gasteiger partial charge in [0.05, 0.1) is 11.8 Å². The van der Waals surface area contributed by atoms with Crippen LogP contribution in [-0.4, -0.2) is 23.5 Å². The number of anilines is 1. The largest absolute Gasteiger partial charge is 0.386 e. The highest BCUT2D eigenvalue weighted by Gasteiger charge is 2.15. The highest BCUT2D eigenvalue weighted by molar-refractivity contribution is 5.96. The summed E-state index contributed by atoms with van der Waals surface area (Å²) in [6, 6.07) is 9.16. The van der Waals surface area contributed by atoms with Crippen LogP contribution < -0.4 is 10.6 Å². The fraction of sp³-hybridized carbons (Fsp3) is 0.176. The molecule has 0 fully saturated rings. The zero-order valence-electron chi connectivity index (χ0n) is 12.8. The first-order valence-electron chi connectivity index (χ1n) is 7.16. The Balaban J connectivity index is 2.05. The summed E-state index contributed by atoms with van der Waals surface area (Å²) >= 11 is 0. The second-order valence-electron chi connectivity index (χ2n) is 5.12. The maximum absolute atomic E-state index is 13.6. The van der Waals surface area contributed by atoms with E-state index in [1.165, 1.54) is 37.3 Å². The predicted molar refractivity (Wildman–Crippen MR) is 84.4 cm³/mol. The molecule has 24 heavy (non-hydrogen) atoms. The van der Waals surface area contributed by atoms with E-state index in [1.54, 1.807) is 6.07 Å². The molecule has 2 aromatic carbocycles. The lowest BCUT2D eigenvalue weighted by atomic mass is 10.1. The van der Waals surface area contributed by atoms with Gasteiger partial charge in [0.15, 0.2) is 0 Å². The van der Waals surface area contributed by atoms with Crippen LogP contribution in [0.25, 0.3) is 0 Å². The number of aliphatic hydroxyl groups is 1. The summed E-state index contributed by atoms with van der Waals surface area (Å²) in [5.74, 6) is -2.31. The first-order valence-corrected chi connectivity index (χ1v) is 7.16. The monoisotopic (exact) mass is 334 g/mol. The number of carbonyl (C=O) groups excluding carboxylic acids is 2. The summed E-state index contributed by atoms with van der Waals surface area (Å²) in [6.45, 7) is 1.00. The number of hydrogen-bond acceptors (Lipinski definition) is 3. The minimum absolute atomic E-state index is 0.0656. The van der Waals surface area contributed by atoms with E-state index < -0.39 is 29.6 Å². The Hall–Kier alpha value is -2.80. The second kappa shape index (κ2) is 7.65. The summed E-state index contributed by atoms with van der Waals surface area (Å²) < 4.78 is 27.1. The van der Waals surface area contributed by atoms with Crippen molar-refractivity contribution >= 4 is 17.5 Å². The number of carbonyl (C=O) groups is 2. The summed E-state index contributed by atoms with van der Waals surface area (Å²) in [6.07, 6.45) is -1.22. The Kier molecular flexibility index (Phi) is 5.59. The van der Waals surface area contributed by atoms with Crippen molar-refractivity contribution in [1.29, 1.82) is 0 Å². The zero-order valence-corrected chi connectivity index (χ0v) is 12.8. The van der Waals surface area contributed by atoms with E-state index in [9.17, 15) is 23.5 Å². The quantitative estimate of drug-likeness (QED) is 0.786. The maximum Gasteiger partial charge on any atom is 0.251 e. The molecule has 0 aliphatic carbocycles. The van der Waals surface area contributed by atoms with Gasteiger partial charge in [-0.2, -0.15) is 0 Å². The Labute approximate surface area is 137 Å². The Morgan fingerprint density at radius 1 is 1.12 bits per heavy atom. The van der Waals surface area contributed by atoms with Gasteiger partial charge in [-0.05, 0) is 24.3 Å². The van der Waals surface area contributed by atoms with E-state index in [4.69, 9.17) is 0 Å². The number of hydrogen-bond donors (Lipinski definition) is 3. The molecule has 2 rings (SSSR count). The van der Waals surface area contributed by atoms with Crippen LogP contribution in [0.2, 0.25) is 0 Å². The van der Waals surface area contributed by atoms with Crippen molar-refractivity contribution in [2.45, 2.75) is 13.0 Å². The van der Waals surface area contributed by atoms with Crippen LogP contribution in [0.1, 0.15) is 28.9 Å². The van der Waals surface area contributed by atoms with Crippen LogP contribution in [0.5, 0.6) is 0 Å². The Morgan fingerprint density at radius 2 is 1.83 bits per heavy atom. The van der Waals surface area contributed by atoms with E-state index in [0.717, 1.165) is 6.07 Å². The lowest BCUT2D eigenvalue weighted by Gasteiger charge is -2.13. The minimum Gasteiger partial charge on any atom is -0.386 e. The maximum atomic E-state index is 13.6. The third-order valence-corrected chi connectivity index (χ3v) is 3.26. The van der Waals surface area contributed by atoms with Crippen LogP contribution in [0, 0.1) is 11.6 Å². The Bertz CT molecular complexity index is 765. The molecular weight excluding hydrogens is 318 g/mol. The zero-order chi connectivity index (χ0) is 17.7. The Morgan fingerprint density at radius 3 is 2.50 bits per heavy atom. The molecular formula is C17H16F2N2O3. The number of aliphatic hydroxyl groups excluding tert-OH is 1. The third-order valence-electron chi connectivity index (χ3n) is 3.26. The topological polar surface area (TPSA) is 78.4 Å². The molecule has 2 amide bonds. The lowest BCUT2D eigenvalue weighted by molar-refractivity contribution is -0.114. The van der Waals surface area contributed by atoms with Gasteiger partial charge < -0.3 is 15.7 Å². The molecule has 1 unspecified atom stereocenters. The van der Waals surface area contributed by atoms with Crippen LogP contribution in [-0.2, 0) is 4.79 Å². The number of amides is 2. The molecule has 0 heterocycles. The number of rotatable bonds is 5. The van der Waals surface area contributed by atoms with E-state index in [0.29, 0.717) is 0 Å². The van der Waals surface area contributed by atoms with Crippen LogP contribution in [0.4, 0.5) is 14.5 Å². The van der Waals surface area contributed by atoms with Crippen molar-refractivity contribution in [2.24, 2.45) is 0 Å². The fourth-order valence-electron chi connectivity index (χ4n) is 2.10. The van der Waals surface area contributed by atoms with E-state index in [-0.39, 0.29) is 23.4 Å². The van der Waals surface area contributed by atoms with E-state index >= 15 is 0 Å². The van der Waals surface area contributed by atoms with E-state index in [1.807, 2.05) is 0 Å². The van der Waals surface area contributed by atoms with Crippen molar-refractivity contribution < 1.29 is 23.5 Å². The summed E-state index contributed by atoms with van der Waals surface area (Å²) in [4.78, 5) is 23.1. The van der Waals surface area contributed by atoms with Gasteiger partial charge in [-0.25, -0.2) is 8.78 Å². The van der Waals surface area contributed by atoms with Gasteiger partial charge in [-0.15, -0.1) is 0 Å². The normalized spacial score (nSPS) is 11.7. The van der Waals surface area contributed by atoms with Gasteiger partial charge in [0.25, 0.3) is 5.91 Å². The average molecular weight is 334 g/mol. The highest BCUT2D eigenvalue weighted by atomic mass is 19.1. The molecule has 0 saturated carbocycles. The molecule has 5 nitrogen and oxygen atoms in total. The molecule has 0 bridgehead atoms. The number of benzene rings is 2. The van der Waals surface area contributed by atoms with Crippen molar-refractivity contribution in [3.8, 4) is 0 Å². The van der Waals surface area contributed by atoms with Gasteiger partial charge in [0.2, 0.25) is 5.91 Å². The molecule has 7 heteroatoms. The van der Waals surface area contributed by atoms with E-state index in [2.05, 4.69) is 10.6 Å². The van der Waals surface area contributed by atoms with Gasteiger partial charge in [-0.1, -0.05) is 18.2 Å². The molecule has 1 atom stereocenters. The molecule has 0 saturated heterocycles. The average Bonchev–Trinajstić information content (AvgIpc) is 2.54. The highest BCUT2D eigenvalue weighted by Crippen LogP contribution is 2.18. The second-order valence-corrected chi connectivity index (χ2v) is 5.12. The van der Waals surface area contributed by atoms with Crippen molar-refractivity contribution in [2.75, 3.05) is 11.9 Å². The van der Waals surface area contributed by atoms with Crippen LogP contribution in [0.3, 0.4) is 0 Å². The molecule has 0 radical (unpaired) electrons. The standard InChI is InChI=1S/C17H16F2N2O3/c1-10(22)21-15-8-11(6-7-14(15)19)17(24)20-9-16(23)12-4-2-3-5-13(12)18/h2-8,16,23H,9H2,1H3,(H,20,24)(H,21,22). The smallest absolute Gasteiger partial charge is 0.251 e. The molecule has 0 aromatic heterocycles. The molecule has 0 aliphatic rings. The third kappa shape index (κ3) is 4.36. The molecule has 0 spiro atoms. The van der Waals surface area contributed by atoms with Gasteiger partial charge >= 0.3 is 0 Å². The van der Waals surface area contributed by atoms with Gasteiger partial charge in [0, 0.05) is 24.6 Å². The van der Waals surface area contributed by atoms with Gasteiger partial charge in [-0.3, -0.25) is 9.59 Å². The van der Waals surface area contributed by atoms with Crippen LogP contribution in [0.15, 0.2) is 42.5 Å². The fourth-order valence-corrected chi connectivity index (χ4v) is 2.10. The summed E-state index contributed by atoms with van der Waals surface area (Å²) in [5.41, 5.74) is 0.0431. The lowest BCUT2D eigenvalue weighted by Crippen LogP contribution is -2.28. The van der Waals surface area contributed by atoms with Crippen molar-refractivity contribution in [1.82, 2.24) is 5.32 Å². The van der Waals surface area contributed by atoms with Crippen molar-refractivity contribution in [3.63, 3.8) is 0 Å². The summed E-state index contributed by atoms with van der Waals surface area (Å²) in [5, 5.41) is 14.7. The molecule has 2 aromatic rings. The van der Waals surface area contributed by atoms with Gasteiger partial charge in [0.1, 0.15) is 11.6 Å². The van der Waals surface area contributed by atoms with Crippen LogP contribution >= 0.6 is 0 Å². The molecule has 3 N–H and O–H groups in total. The molecule has 0 aliphatic heterocycles. The minimum atomic E-state index is -1.22. The number of nitrogens with one attached hydrogen (secondary N) is 2. The SMILES string of the molecule is CC(=O)Nc1cc(C(=O)NCC(O)c2ccccc2F)ccc1F. The number of halogens is 2. The summed E-state index contributed by atoms with van der Waals surface area (Å²) in [7, 11) is 0. The first-order chi connectivity index (χ1) is 11.4. The predicted octanol–water partition coefficient (Wildman–Crippen LogP) is 2.39. The molecule has 126 valence electrons.